The maximum absolute atomic E-state index is 14.3. The van der Waals surface area contributed by atoms with E-state index in [4.69, 9.17) is 4.74 Å². The van der Waals surface area contributed by atoms with Crippen molar-refractivity contribution in [2.45, 2.75) is 83.1 Å². The van der Waals surface area contributed by atoms with Gasteiger partial charge in [-0.3, -0.25) is 4.79 Å². The smallest absolute Gasteiger partial charge is 0.416 e. The lowest BCUT2D eigenvalue weighted by molar-refractivity contribution is -0.138. The van der Waals surface area contributed by atoms with Crippen molar-refractivity contribution in [2.24, 2.45) is 13.0 Å². The Labute approximate surface area is 238 Å². The molecule has 3 aliphatic rings. The third kappa shape index (κ3) is 4.79. The Morgan fingerprint density at radius 1 is 1.15 bits per heavy atom. The highest BCUT2D eigenvalue weighted by Crippen LogP contribution is 2.53. The van der Waals surface area contributed by atoms with Gasteiger partial charge in [-0.05, 0) is 92.8 Å². The molecular formula is C31H36F3N5O2. The summed E-state index contributed by atoms with van der Waals surface area (Å²) >= 11 is 0. The zero-order valence-corrected chi connectivity index (χ0v) is 23.9. The van der Waals surface area contributed by atoms with Crippen LogP contribution < -0.4 is 15.0 Å². The minimum absolute atomic E-state index is 0.0183. The number of nitrogens with one attached hydrogen (secondary N) is 1. The molecule has 3 aromatic rings. The highest BCUT2D eigenvalue weighted by Gasteiger charge is 2.49. The van der Waals surface area contributed by atoms with Crippen LogP contribution in [0, 0.1) is 5.92 Å². The van der Waals surface area contributed by atoms with Crippen LogP contribution in [0.3, 0.4) is 0 Å². The summed E-state index contributed by atoms with van der Waals surface area (Å²) in [4.78, 5) is 15.3. The summed E-state index contributed by atoms with van der Waals surface area (Å²) in [7, 11) is 1.91. The van der Waals surface area contributed by atoms with Crippen molar-refractivity contribution in [3.63, 3.8) is 0 Å². The van der Waals surface area contributed by atoms with Crippen molar-refractivity contribution in [2.75, 3.05) is 11.5 Å². The average Bonchev–Trinajstić information content (AvgIpc) is 3.46. The molecule has 0 saturated heterocycles. The van der Waals surface area contributed by atoms with Crippen LogP contribution in [0.1, 0.15) is 91.3 Å². The van der Waals surface area contributed by atoms with Crippen molar-refractivity contribution in [1.82, 2.24) is 20.1 Å². The third-order valence-corrected chi connectivity index (χ3v) is 9.18. The first-order valence-corrected chi connectivity index (χ1v) is 14.4. The minimum atomic E-state index is -4.58. The molecule has 2 saturated carbocycles. The molecule has 41 heavy (non-hydrogen) atoms. The molecule has 0 radical (unpaired) electrons. The molecule has 7 nitrogen and oxygen atoms in total. The van der Waals surface area contributed by atoms with Crippen LogP contribution in [0.5, 0.6) is 5.75 Å². The van der Waals surface area contributed by atoms with Gasteiger partial charge in [0.15, 0.2) is 0 Å². The minimum Gasteiger partial charge on any atom is -0.494 e. The molecule has 1 aromatic heterocycles. The molecule has 0 atom stereocenters. The first kappa shape index (κ1) is 27.8. The summed E-state index contributed by atoms with van der Waals surface area (Å²) in [6.07, 6.45) is 1.87. The molecular weight excluding hydrogens is 531 g/mol. The fraction of sp³-hybridized carbons (Fsp3) is 0.516. The van der Waals surface area contributed by atoms with E-state index in [9.17, 15) is 18.0 Å². The number of rotatable bonds is 8. The number of carbonyl (C=O) groups is 1. The van der Waals surface area contributed by atoms with Crippen LogP contribution >= 0.6 is 0 Å². The molecule has 0 bridgehead atoms. The number of alkyl halides is 3. The second-order valence-corrected chi connectivity index (χ2v) is 12.3. The predicted molar refractivity (Wildman–Crippen MR) is 149 cm³/mol. The maximum Gasteiger partial charge on any atom is 0.416 e. The van der Waals surface area contributed by atoms with E-state index in [0.717, 1.165) is 43.5 Å². The van der Waals surface area contributed by atoms with Crippen molar-refractivity contribution >= 4 is 11.6 Å². The number of hydrogen-bond donors (Lipinski definition) is 1. The Hall–Kier alpha value is -3.40. The monoisotopic (exact) mass is 567 g/mol. The number of hydrogen-bond acceptors (Lipinski definition) is 5. The van der Waals surface area contributed by atoms with E-state index >= 15 is 0 Å². The van der Waals surface area contributed by atoms with E-state index in [0.29, 0.717) is 29.5 Å². The Bertz CT molecular complexity index is 1490. The molecule has 1 N–H and O–H groups in total. The molecule has 0 unspecified atom stereocenters. The number of amides is 1. The molecule has 2 aromatic carbocycles. The largest absolute Gasteiger partial charge is 0.494 e. The quantitative estimate of drug-likeness (QED) is 0.354. The van der Waals surface area contributed by atoms with E-state index in [1.807, 2.05) is 30.7 Å². The summed E-state index contributed by atoms with van der Waals surface area (Å²) in [6.45, 7) is 6.68. The predicted octanol–water partition coefficient (Wildman–Crippen LogP) is 6.14. The van der Waals surface area contributed by atoms with Gasteiger partial charge in [-0.25, -0.2) is 0 Å². The number of aromatic nitrogens is 3. The Kier molecular flexibility index (Phi) is 6.67. The van der Waals surface area contributed by atoms with Gasteiger partial charge < -0.3 is 19.5 Å². The van der Waals surface area contributed by atoms with Crippen molar-refractivity contribution < 1.29 is 22.7 Å². The molecule has 10 heteroatoms. The number of carbonyl (C=O) groups excluding carboxylic acids is 1. The maximum atomic E-state index is 14.3. The van der Waals surface area contributed by atoms with Crippen molar-refractivity contribution in [3.05, 3.63) is 70.3 Å². The van der Waals surface area contributed by atoms with Crippen molar-refractivity contribution in [1.29, 1.82) is 0 Å². The van der Waals surface area contributed by atoms with Gasteiger partial charge in [0.25, 0.3) is 5.91 Å². The molecule has 2 fully saturated rings. The number of benzene rings is 2. The summed E-state index contributed by atoms with van der Waals surface area (Å²) in [5.41, 5.74) is 0.800. The normalized spacial score (nSPS) is 23.2. The molecule has 6 rings (SSSR count). The zero-order chi connectivity index (χ0) is 29.2. The fourth-order valence-electron chi connectivity index (χ4n) is 6.89. The number of halogens is 3. The van der Waals surface area contributed by atoms with Gasteiger partial charge in [-0.15, -0.1) is 10.2 Å². The summed E-state index contributed by atoms with van der Waals surface area (Å²) in [5.74, 6) is 1.42. The third-order valence-electron chi connectivity index (χ3n) is 9.18. The van der Waals surface area contributed by atoms with Gasteiger partial charge in [0.05, 0.1) is 24.1 Å². The van der Waals surface area contributed by atoms with Gasteiger partial charge in [0.2, 0.25) is 0 Å². The summed E-state index contributed by atoms with van der Waals surface area (Å²) in [6, 6.07) is 8.46. The average molecular weight is 568 g/mol. The molecule has 218 valence electrons. The summed E-state index contributed by atoms with van der Waals surface area (Å²) in [5, 5.41) is 11.9. The zero-order valence-electron chi connectivity index (χ0n) is 23.9. The van der Waals surface area contributed by atoms with E-state index in [1.54, 1.807) is 18.5 Å². The molecule has 2 heterocycles. The van der Waals surface area contributed by atoms with Crippen LogP contribution in [0.15, 0.2) is 36.7 Å². The van der Waals surface area contributed by atoms with E-state index < -0.39 is 23.1 Å². The Morgan fingerprint density at radius 2 is 1.90 bits per heavy atom. The number of aryl methyl sites for hydroxylation is 1. The lowest BCUT2D eigenvalue weighted by atomic mass is 9.58. The number of fused-ring (bicyclic) bond motifs is 1. The highest BCUT2D eigenvalue weighted by molar-refractivity contribution is 6.10. The van der Waals surface area contributed by atoms with Crippen LogP contribution in [0.25, 0.3) is 0 Å². The Balaban J connectivity index is 1.40. The Morgan fingerprint density at radius 3 is 2.49 bits per heavy atom. The molecule has 1 amide bonds. The second-order valence-electron chi connectivity index (χ2n) is 12.3. The van der Waals surface area contributed by atoms with Gasteiger partial charge in [0, 0.05) is 36.4 Å². The van der Waals surface area contributed by atoms with E-state index in [2.05, 4.69) is 29.4 Å². The number of ether oxygens (including phenoxy) is 1. The second kappa shape index (κ2) is 9.86. The lowest BCUT2D eigenvalue weighted by Crippen LogP contribution is -2.47. The van der Waals surface area contributed by atoms with Crippen LogP contribution in [0.2, 0.25) is 0 Å². The van der Waals surface area contributed by atoms with Gasteiger partial charge in [-0.2, -0.15) is 13.2 Å². The van der Waals surface area contributed by atoms with Gasteiger partial charge >= 0.3 is 6.18 Å². The fourth-order valence-corrected chi connectivity index (χ4v) is 6.89. The van der Waals surface area contributed by atoms with Crippen LogP contribution in [-0.2, 0) is 31.7 Å². The number of nitrogens with zero attached hydrogens (tertiary/aromatic N) is 4. The van der Waals surface area contributed by atoms with Gasteiger partial charge in [-0.1, -0.05) is 6.92 Å². The van der Waals surface area contributed by atoms with Gasteiger partial charge in [0.1, 0.15) is 17.9 Å². The molecule has 1 aliphatic heterocycles. The topological polar surface area (TPSA) is 72.3 Å². The molecule has 0 spiro atoms. The van der Waals surface area contributed by atoms with Crippen LogP contribution in [-0.4, -0.2) is 32.8 Å². The van der Waals surface area contributed by atoms with Crippen LogP contribution in [0.4, 0.5) is 18.9 Å². The summed E-state index contributed by atoms with van der Waals surface area (Å²) < 4.78 is 50.8. The number of anilines is 1. The van der Waals surface area contributed by atoms with E-state index in [-0.39, 0.29) is 29.8 Å². The molecule has 2 aliphatic carbocycles. The lowest BCUT2D eigenvalue weighted by Gasteiger charge is -2.46. The van der Waals surface area contributed by atoms with Crippen molar-refractivity contribution in [3.8, 4) is 5.75 Å². The standard InChI is InChI=1S/C31H36F3N5O2/c1-5-41-23-12-21(30(14-19(2)15-30)28-37-36-18-38(28)4)11-22(13-23)39-17-25-24(27(39)40)9-20(10-26(25)31(32,33)34)16-35-29(3)7-6-8-29/h9-13,18-19,35H,5-8,14-17H2,1-4H3/t19-,30+. The first-order chi connectivity index (χ1) is 19.4. The first-order valence-electron chi connectivity index (χ1n) is 14.4. The highest BCUT2D eigenvalue weighted by atomic mass is 19.4. The van der Waals surface area contributed by atoms with E-state index in [1.165, 1.54) is 11.0 Å². The SMILES string of the molecule is CCOc1cc(N2Cc3c(cc(CNC4(C)CCC4)cc3C(F)(F)F)C2=O)cc([C@]2(c3nncn3C)C[C@@H](C)C2)c1.